The predicted octanol–water partition coefficient (Wildman–Crippen LogP) is 5.21. The normalized spacial score (nSPS) is 11.3. The van der Waals surface area contributed by atoms with Crippen molar-refractivity contribution in [1.29, 1.82) is 0 Å². The van der Waals surface area contributed by atoms with Gasteiger partial charge >= 0.3 is 14.4 Å². The minimum Gasteiger partial charge on any atom is -0.457 e. The van der Waals surface area contributed by atoms with Crippen LogP contribution in [0.5, 0.6) is 11.5 Å². The number of hydrogen-bond acceptors (Lipinski definition) is 3. The molecule has 0 spiro atoms. The summed E-state index contributed by atoms with van der Waals surface area (Å²) in [5, 5.41) is 0. The lowest BCUT2D eigenvalue weighted by Crippen LogP contribution is -2.03. The smallest absolute Gasteiger partial charge is 0.416 e. The van der Waals surface area contributed by atoms with Gasteiger partial charge in [0.1, 0.15) is 11.5 Å². The lowest BCUT2D eigenvalue weighted by atomic mass is 10.2. The van der Waals surface area contributed by atoms with E-state index < -0.39 is 20.0 Å². The minimum atomic E-state index is -4.31. The predicted molar refractivity (Wildman–Crippen MR) is 78.6 cm³/mol. The van der Waals surface area contributed by atoms with Crippen LogP contribution in [0.25, 0.3) is 0 Å². The zero-order valence-electron chi connectivity index (χ0n) is 10.7. The Bertz CT molecular complexity index is 679. The van der Waals surface area contributed by atoms with Gasteiger partial charge in [-0.3, -0.25) is 0 Å². The van der Waals surface area contributed by atoms with Crippen molar-refractivity contribution < 1.29 is 26.3 Å². The number of halogens is 5. The first-order chi connectivity index (χ1) is 10.1. The van der Waals surface area contributed by atoms with Crippen LogP contribution >= 0.6 is 21.4 Å². The highest BCUT2D eigenvalue weighted by molar-refractivity contribution is 8.31. The van der Waals surface area contributed by atoms with E-state index in [4.69, 9.17) is 13.2 Å². The van der Waals surface area contributed by atoms with Crippen molar-refractivity contribution in [2.45, 2.75) is 6.18 Å². The van der Waals surface area contributed by atoms with Gasteiger partial charge < -0.3 is 4.74 Å². The number of benzene rings is 2. The first kappa shape index (κ1) is 18.6. The first-order valence-electron chi connectivity index (χ1n) is 5.60. The molecule has 2 rings (SSSR count). The maximum Gasteiger partial charge on any atom is 0.416 e. The third kappa shape index (κ3) is 8.11. The van der Waals surface area contributed by atoms with Crippen LogP contribution in [0.1, 0.15) is 5.56 Å². The van der Waals surface area contributed by atoms with Crippen LogP contribution in [0.2, 0.25) is 0 Å². The fourth-order valence-electron chi connectivity index (χ4n) is 1.34. The Morgan fingerprint density at radius 1 is 0.818 bits per heavy atom. The number of alkyl halides is 3. The highest BCUT2D eigenvalue weighted by atomic mass is 36.0. The van der Waals surface area contributed by atoms with E-state index in [9.17, 15) is 13.2 Å². The maximum atomic E-state index is 12.3. The van der Waals surface area contributed by atoms with Crippen molar-refractivity contribution >= 4 is 29.6 Å². The quantitative estimate of drug-likeness (QED) is 0.679. The van der Waals surface area contributed by atoms with Gasteiger partial charge in [-0.05, 0) is 36.4 Å². The number of rotatable bonds is 2. The van der Waals surface area contributed by atoms with Gasteiger partial charge in [-0.1, -0.05) is 18.2 Å². The molecule has 0 aromatic heterocycles. The standard InChI is InChI=1S/C13H9F3O.Cl2O2S/c14-13(15,16)10-6-8-12(9-7-10)17-11-4-2-1-3-5-11;1-5(2,3)4/h1-9H;. The zero-order chi connectivity index (χ0) is 16.8. The highest BCUT2D eigenvalue weighted by Crippen LogP contribution is 2.31. The van der Waals surface area contributed by atoms with E-state index in [1.54, 1.807) is 24.3 Å². The summed E-state index contributed by atoms with van der Waals surface area (Å²) in [7, 11) is 4.81. The van der Waals surface area contributed by atoms with Gasteiger partial charge in [0.2, 0.25) is 0 Å². The molecule has 0 saturated heterocycles. The van der Waals surface area contributed by atoms with Crippen molar-refractivity contribution in [1.82, 2.24) is 0 Å². The largest absolute Gasteiger partial charge is 0.457 e. The summed E-state index contributed by atoms with van der Waals surface area (Å²) in [4.78, 5) is 0. The summed E-state index contributed by atoms with van der Waals surface area (Å²) in [6.45, 7) is 0. The van der Waals surface area contributed by atoms with Gasteiger partial charge in [0, 0.05) is 21.4 Å². The molecular weight excluding hydrogens is 364 g/mol. The Hall–Kier alpha value is -1.44. The van der Waals surface area contributed by atoms with Crippen molar-refractivity contribution in [2.75, 3.05) is 0 Å². The topological polar surface area (TPSA) is 43.4 Å². The summed E-state index contributed by atoms with van der Waals surface area (Å²) in [6, 6.07) is 13.5. The molecular formula is C13H9Cl2F3O3S. The van der Waals surface area contributed by atoms with Crippen LogP contribution in [0, 0.1) is 0 Å². The van der Waals surface area contributed by atoms with Crippen molar-refractivity contribution in [3.63, 3.8) is 0 Å². The number of para-hydroxylation sites is 1. The number of hydrogen-bond donors (Lipinski definition) is 0. The fraction of sp³-hybridized carbons (Fsp3) is 0.0769. The lowest BCUT2D eigenvalue weighted by molar-refractivity contribution is -0.137. The Morgan fingerprint density at radius 3 is 1.64 bits per heavy atom. The lowest BCUT2D eigenvalue weighted by Gasteiger charge is -2.08. The molecule has 0 fully saturated rings. The SMILES string of the molecule is FC(F)(F)c1ccc(Oc2ccccc2)cc1.O=S(=O)(Cl)Cl. The number of ether oxygens (including phenoxy) is 1. The monoisotopic (exact) mass is 372 g/mol. The summed E-state index contributed by atoms with van der Waals surface area (Å²) in [5.41, 5.74) is -0.682. The summed E-state index contributed by atoms with van der Waals surface area (Å²) in [6.07, 6.45) is -4.31. The molecule has 0 aliphatic rings. The van der Waals surface area contributed by atoms with E-state index in [0.29, 0.717) is 11.5 Å². The van der Waals surface area contributed by atoms with Crippen LogP contribution in [-0.2, 0) is 14.4 Å². The second-order valence-corrected chi connectivity index (χ2v) is 7.48. The van der Waals surface area contributed by atoms with Gasteiger partial charge in [0.05, 0.1) is 5.56 Å². The summed E-state index contributed by atoms with van der Waals surface area (Å²) in [5.74, 6) is 0.969. The molecule has 0 N–H and O–H groups in total. The second kappa shape index (κ2) is 7.71. The average Bonchev–Trinajstić information content (AvgIpc) is 2.37. The Morgan fingerprint density at radius 2 is 1.23 bits per heavy atom. The van der Waals surface area contributed by atoms with Crippen LogP contribution < -0.4 is 4.74 Å². The van der Waals surface area contributed by atoms with Gasteiger partial charge in [-0.25, -0.2) is 0 Å². The molecule has 120 valence electrons. The molecule has 0 aliphatic heterocycles. The van der Waals surface area contributed by atoms with E-state index in [0.717, 1.165) is 12.1 Å². The molecule has 9 heteroatoms. The molecule has 0 bridgehead atoms. The first-order valence-corrected chi connectivity index (χ1v) is 8.73. The van der Waals surface area contributed by atoms with Crippen LogP contribution in [0.4, 0.5) is 13.2 Å². The van der Waals surface area contributed by atoms with E-state index in [2.05, 4.69) is 21.4 Å². The van der Waals surface area contributed by atoms with Gasteiger partial charge in [-0.2, -0.15) is 21.6 Å². The van der Waals surface area contributed by atoms with Crippen LogP contribution in [-0.4, -0.2) is 8.42 Å². The Kier molecular flexibility index (Phi) is 6.52. The van der Waals surface area contributed by atoms with E-state index in [1.165, 1.54) is 12.1 Å². The van der Waals surface area contributed by atoms with E-state index in [-0.39, 0.29) is 0 Å². The maximum absolute atomic E-state index is 12.3. The van der Waals surface area contributed by atoms with Gasteiger partial charge in [0.15, 0.2) is 0 Å². The summed E-state index contributed by atoms with van der Waals surface area (Å²) < 4.78 is 60.6. The van der Waals surface area contributed by atoms with Gasteiger partial charge in [-0.15, -0.1) is 0 Å². The molecule has 3 nitrogen and oxygen atoms in total. The van der Waals surface area contributed by atoms with Crippen molar-refractivity contribution in [2.24, 2.45) is 0 Å². The van der Waals surface area contributed by atoms with Crippen molar-refractivity contribution in [3.05, 3.63) is 60.2 Å². The molecule has 0 amide bonds. The Balaban J connectivity index is 0.000000422. The fourth-order valence-corrected chi connectivity index (χ4v) is 1.34. The molecule has 0 aliphatic carbocycles. The Labute approximate surface area is 134 Å². The van der Waals surface area contributed by atoms with E-state index in [1.807, 2.05) is 6.07 Å². The van der Waals surface area contributed by atoms with Crippen molar-refractivity contribution in [3.8, 4) is 11.5 Å². The van der Waals surface area contributed by atoms with E-state index >= 15 is 0 Å². The average molecular weight is 373 g/mol. The molecule has 2 aromatic carbocycles. The van der Waals surface area contributed by atoms with Gasteiger partial charge in [0.25, 0.3) is 0 Å². The molecule has 2 aromatic rings. The second-order valence-electron chi connectivity index (χ2n) is 3.82. The van der Waals surface area contributed by atoms with Crippen LogP contribution in [0.15, 0.2) is 54.6 Å². The highest BCUT2D eigenvalue weighted by Gasteiger charge is 2.29. The molecule has 0 atom stereocenters. The zero-order valence-corrected chi connectivity index (χ0v) is 13.0. The molecule has 22 heavy (non-hydrogen) atoms. The molecule has 0 unspecified atom stereocenters. The molecule has 0 heterocycles. The van der Waals surface area contributed by atoms with Crippen LogP contribution in [0.3, 0.4) is 0 Å². The molecule has 0 saturated carbocycles. The summed E-state index contributed by atoms with van der Waals surface area (Å²) >= 11 is 0. The molecule has 0 radical (unpaired) electrons. The third-order valence-corrected chi connectivity index (χ3v) is 2.16. The third-order valence-electron chi connectivity index (χ3n) is 2.16. The minimum absolute atomic E-state index is 0.379.